The van der Waals surface area contributed by atoms with Gasteiger partial charge in [0, 0.05) is 0 Å². The minimum Gasteiger partial charge on any atom is -0.206 e. The highest BCUT2D eigenvalue weighted by molar-refractivity contribution is 7.91. The summed E-state index contributed by atoms with van der Waals surface area (Å²) in [4.78, 5) is 0. The van der Waals surface area contributed by atoms with Gasteiger partial charge in [-0.25, -0.2) is 26.3 Å². The molecule has 48 heavy (non-hydrogen) atoms. The van der Waals surface area contributed by atoms with Crippen molar-refractivity contribution in [1.82, 2.24) is 9.44 Å². The van der Waals surface area contributed by atoms with Crippen molar-refractivity contribution in [1.29, 1.82) is 0 Å². The van der Waals surface area contributed by atoms with E-state index < -0.39 is 89.8 Å². The highest BCUT2D eigenvalue weighted by Crippen LogP contribution is 2.56. The Morgan fingerprint density at radius 1 is 0.396 bits per heavy atom. The number of alkyl halides is 18. The number of rotatable bonds is 13. The zero-order chi connectivity index (χ0) is 37.8. The lowest BCUT2D eigenvalue weighted by atomic mass is 9.95. The number of benzene rings is 2. The highest BCUT2D eigenvalue weighted by Gasteiger charge is 2.86. The van der Waals surface area contributed by atoms with Gasteiger partial charge in [-0.2, -0.15) is 79.0 Å². The maximum absolute atomic E-state index is 14.5. The average molecular weight is 776 g/mol. The largest absolute Gasteiger partial charge is 0.460 e. The number of hydrogen-bond donors (Lipinski definition) is 2. The van der Waals surface area contributed by atoms with E-state index in [1.807, 2.05) is 0 Å². The monoisotopic (exact) mass is 776 g/mol. The summed E-state index contributed by atoms with van der Waals surface area (Å²) in [6.07, 6.45) is -15.1. The minimum atomic E-state index is -7.91. The molecule has 0 amide bonds. The number of hydrogen-bond acceptors (Lipinski definition) is 4. The van der Waals surface area contributed by atoms with Crippen molar-refractivity contribution < 1.29 is 95.9 Å². The van der Waals surface area contributed by atoms with Crippen LogP contribution in [0.1, 0.15) is 23.2 Å². The highest BCUT2D eigenvalue weighted by atomic mass is 32.2. The number of sulfonamides is 2. The second-order valence-corrected chi connectivity index (χ2v) is 12.9. The summed E-state index contributed by atoms with van der Waals surface area (Å²) in [6.45, 7) is 0. The quantitative estimate of drug-likeness (QED) is 0.212. The maximum atomic E-state index is 14.5. The van der Waals surface area contributed by atoms with E-state index in [-0.39, 0.29) is 0 Å². The van der Waals surface area contributed by atoms with Gasteiger partial charge in [-0.3, -0.25) is 0 Å². The number of nitrogens with one attached hydrogen (secondary N) is 2. The molecule has 0 aliphatic rings. The van der Waals surface area contributed by atoms with Gasteiger partial charge < -0.3 is 0 Å². The van der Waals surface area contributed by atoms with Crippen LogP contribution in [0.4, 0.5) is 79.0 Å². The third-order valence-corrected chi connectivity index (χ3v) is 9.11. The number of halogens is 18. The van der Waals surface area contributed by atoms with E-state index in [1.54, 1.807) is 0 Å². The van der Waals surface area contributed by atoms with Gasteiger partial charge in [0.05, 0.1) is 12.1 Å². The molecule has 6 nitrogen and oxygen atoms in total. The molecule has 0 saturated carbocycles. The van der Waals surface area contributed by atoms with Gasteiger partial charge in [-0.05, 0) is 11.1 Å². The van der Waals surface area contributed by atoms with Crippen LogP contribution in [-0.4, -0.2) is 63.4 Å². The van der Waals surface area contributed by atoms with Gasteiger partial charge in [0.1, 0.15) is 0 Å². The van der Waals surface area contributed by atoms with Crippen LogP contribution in [0.3, 0.4) is 0 Å². The molecule has 0 aliphatic heterocycles. The van der Waals surface area contributed by atoms with Crippen molar-refractivity contribution in [3.63, 3.8) is 0 Å². The van der Waals surface area contributed by atoms with Gasteiger partial charge in [0.15, 0.2) is 0 Å². The molecule has 0 radical (unpaired) electrons. The zero-order valence-corrected chi connectivity index (χ0v) is 23.8. The molecule has 2 aromatic carbocycles. The summed E-state index contributed by atoms with van der Waals surface area (Å²) in [6, 6.07) is 0.360. The first-order valence-electron chi connectivity index (χ1n) is 11.7. The zero-order valence-electron chi connectivity index (χ0n) is 22.2. The van der Waals surface area contributed by atoms with Gasteiger partial charge in [-0.1, -0.05) is 60.7 Å². The van der Waals surface area contributed by atoms with Crippen molar-refractivity contribution in [2.45, 2.75) is 58.6 Å². The Balaban J connectivity index is 2.87. The first-order valence-corrected chi connectivity index (χ1v) is 14.7. The topological polar surface area (TPSA) is 92.3 Å². The first kappa shape index (κ1) is 41.2. The van der Waals surface area contributed by atoms with E-state index in [0.29, 0.717) is 33.7 Å². The Hall–Kier alpha value is -3.00. The molecule has 26 heteroatoms. The molecule has 0 fully saturated rings. The summed E-state index contributed by atoms with van der Waals surface area (Å²) in [5, 5.41) is -15.1. The molecule has 0 heterocycles. The third-order valence-electron chi connectivity index (χ3n) is 6.12. The molecule has 0 aromatic heterocycles. The molecular formula is C22H14F18N2O4S2. The van der Waals surface area contributed by atoms with E-state index in [1.165, 1.54) is 0 Å². The molecule has 2 aromatic rings. The Morgan fingerprint density at radius 3 is 0.833 bits per heavy atom. The van der Waals surface area contributed by atoms with Crippen LogP contribution in [0, 0.1) is 0 Å². The van der Waals surface area contributed by atoms with Crippen LogP contribution in [0.15, 0.2) is 60.7 Å². The fourth-order valence-corrected chi connectivity index (χ4v) is 5.96. The van der Waals surface area contributed by atoms with E-state index >= 15 is 0 Å². The second-order valence-electron chi connectivity index (χ2n) is 9.35. The second kappa shape index (κ2) is 12.4. The van der Waals surface area contributed by atoms with Crippen molar-refractivity contribution in [3.8, 4) is 0 Å². The van der Waals surface area contributed by atoms with E-state index in [0.717, 1.165) is 36.4 Å². The van der Waals surface area contributed by atoms with Gasteiger partial charge in [0.25, 0.3) is 20.0 Å². The lowest BCUT2D eigenvalue weighted by Crippen LogP contribution is -2.66. The Morgan fingerprint density at radius 2 is 0.625 bits per heavy atom. The minimum absolute atomic E-state index is 0.399. The molecule has 2 rings (SSSR count). The van der Waals surface area contributed by atoms with Crippen LogP contribution in [0.2, 0.25) is 0 Å². The summed E-state index contributed by atoms with van der Waals surface area (Å²) in [5.41, 5.74) is -2.18. The van der Waals surface area contributed by atoms with Crippen molar-refractivity contribution in [3.05, 3.63) is 71.8 Å². The van der Waals surface area contributed by atoms with Crippen LogP contribution in [-0.2, 0) is 20.0 Å². The first-order chi connectivity index (χ1) is 21.2. The summed E-state index contributed by atoms with van der Waals surface area (Å²) in [5.74, 6) is -31.5. The Labute approximate surface area is 256 Å². The Kier molecular flexibility index (Phi) is 10.6. The molecule has 2 atom stereocenters. The van der Waals surface area contributed by atoms with Crippen molar-refractivity contribution in [2.75, 3.05) is 0 Å². The van der Waals surface area contributed by atoms with E-state index in [4.69, 9.17) is 0 Å². The lowest BCUT2D eigenvalue weighted by molar-refractivity contribution is -0.382. The van der Waals surface area contributed by atoms with Crippen molar-refractivity contribution in [2.24, 2.45) is 0 Å². The lowest BCUT2D eigenvalue weighted by Gasteiger charge is -2.37. The summed E-state index contributed by atoms with van der Waals surface area (Å²) in [7, 11) is -15.6. The molecule has 0 aliphatic carbocycles. The molecule has 0 spiro atoms. The maximum Gasteiger partial charge on any atom is 0.460 e. The fraction of sp³-hybridized carbons (Fsp3) is 0.455. The molecule has 0 bridgehead atoms. The Bertz CT molecular complexity index is 1520. The standard InChI is InChI=1S/C22H14F18N2O4S2/c23-15(24,19(31,32)33)17(27,28)21(37,38)47(43,44)41-13(11-7-3-1-4-8-11)14(12-9-5-2-6-10-12)42-48(45,46)22(39,40)18(29,30)16(25,26)20(34,35)36/h1-10,13-14,41-42H/t13-,14-/m1/s1. The molecular weight excluding hydrogens is 762 g/mol. The van der Waals surface area contributed by atoms with Crippen LogP contribution >= 0.6 is 0 Å². The molecule has 0 saturated heterocycles. The predicted octanol–water partition coefficient (Wildman–Crippen LogP) is 7.16. The van der Waals surface area contributed by atoms with Crippen LogP contribution < -0.4 is 9.44 Å². The van der Waals surface area contributed by atoms with Crippen LogP contribution in [0.25, 0.3) is 0 Å². The molecule has 0 unspecified atom stereocenters. The average Bonchev–Trinajstić information content (AvgIpc) is 2.94. The van der Waals surface area contributed by atoms with E-state index in [9.17, 15) is 95.9 Å². The smallest absolute Gasteiger partial charge is 0.206 e. The van der Waals surface area contributed by atoms with Gasteiger partial charge in [0.2, 0.25) is 0 Å². The molecule has 2 N–H and O–H groups in total. The van der Waals surface area contributed by atoms with Crippen LogP contribution in [0.5, 0.6) is 0 Å². The molecule has 274 valence electrons. The SMILES string of the molecule is O=S(=O)(N[C@H](c1ccccc1)[C@H](NS(=O)(=O)C(F)(F)C(F)(F)C(F)(F)C(F)(F)F)c1ccccc1)C(F)(F)C(F)(F)C(F)(F)C(F)(F)F. The van der Waals surface area contributed by atoms with Gasteiger partial charge >= 0.3 is 46.6 Å². The fourth-order valence-electron chi connectivity index (χ4n) is 3.52. The van der Waals surface area contributed by atoms with Crippen molar-refractivity contribution >= 4 is 20.0 Å². The summed E-state index contributed by atoms with van der Waals surface area (Å²) >= 11 is 0. The normalized spacial score (nSPS) is 16.5. The van der Waals surface area contributed by atoms with E-state index in [2.05, 4.69) is 0 Å². The third kappa shape index (κ3) is 6.63. The summed E-state index contributed by atoms with van der Waals surface area (Å²) < 4.78 is 294. The van der Waals surface area contributed by atoms with Gasteiger partial charge in [-0.15, -0.1) is 0 Å². The predicted molar refractivity (Wildman–Crippen MR) is 124 cm³/mol.